The van der Waals surface area contributed by atoms with Crippen molar-refractivity contribution >= 4 is 28.4 Å². The fourth-order valence-corrected chi connectivity index (χ4v) is 2.53. The van der Waals surface area contributed by atoms with Crippen molar-refractivity contribution in [2.45, 2.75) is 6.92 Å². The number of amides is 1. The van der Waals surface area contributed by atoms with Crippen molar-refractivity contribution in [3.8, 4) is 11.5 Å². The molecule has 4 aromatic rings. The highest BCUT2D eigenvalue weighted by Gasteiger charge is 2.16. The number of carbonyl (C=O) groups excluding carboxylic acids is 1. The van der Waals surface area contributed by atoms with Crippen LogP contribution in [0.15, 0.2) is 48.9 Å². The van der Waals surface area contributed by atoms with Gasteiger partial charge in [-0.2, -0.15) is 0 Å². The lowest BCUT2D eigenvalue weighted by molar-refractivity contribution is 0.102. The maximum absolute atomic E-state index is 12.4. The van der Waals surface area contributed by atoms with Crippen LogP contribution in [0.3, 0.4) is 0 Å². The van der Waals surface area contributed by atoms with Crippen LogP contribution in [-0.2, 0) is 0 Å². The predicted molar refractivity (Wildman–Crippen MR) is 96.8 cm³/mol. The molecule has 127 valence electrons. The van der Waals surface area contributed by atoms with Crippen molar-refractivity contribution in [3.05, 3.63) is 60.2 Å². The van der Waals surface area contributed by atoms with Crippen LogP contribution >= 0.6 is 0 Å². The van der Waals surface area contributed by atoms with Gasteiger partial charge in [-0.1, -0.05) is 6.07 Å². The largest absolute Gasteiger partial charge is 0.337 e. The monoisotopic (exact) mass is 344 g/mol. The summed E-state index contributed by atoms with van der Waals surface area (Å²) in [6.07, 6.45) is 4.42. The summed E-state index contributed by atoms with van der Waals surface area (Å²) in [6, 6.07) is 9.25. The van der Waals surface area contributed by atoms with Gasteiger partial charge in [-0.05, 0) is 36.8 Å². The lowest BCUT2D eigenvalue weighted by atomic mass is 10.2. The molecule has 0 aliphatic rings. The molecule has 3 N–H and O–H groups in total. The molecular formula is C18H14N7O. The Morgan fingerprint density at radius 2 is 2.08 bits per heavy atom. The summed E-state index contributed by atoms with van der Waals surface area (Å²) in [6.45, 7) is 1.99. The maximum atomic E-state index is 12.4. The smallest absolute Gasteiger partial charge is 0.275 e. The second kappa shape index (κ2) is 6.25. The first-order valence-corrected chi connectivity index (χ1v) is 7.87. The zero-order chi connectivity index (χ0) is 18.1. The van der Waals surface area contributed by atoms with Gasteiger partial charge in [0.1, 0.15) is 5.69 Å². The lowest BCUT2D eigenvalue weighted by Crippen LogP contribution is -2.15. The number of aromatic nitrogens is 5. The molecule has 1 aromatic carbocycles. The molecule has 26 heavy (non-hydrogen) atoms. The van der Waals surface area contributed by atoms with Gasteiger partial charge < -0.3 is 10.3 Å². The number of fused-ring (bicyclic) bond motifs is 1. The highest BCUT2D eigenvalue weighted by Crippen LogP contribution is 2.24. The van der Waals surface area contributed by atoms with Crippen molar-refractivity contribution in [2.75, 3.05) is 5.32 Å². The molecule has 0 bridgehead atoms. The zero-order valence-electron chi connectivity index (χ0n) is 13.8. The molecule has 1 radical (unpaired) electrons. The zero-order valence-corrected chi connectivity index (χ0v) is 13.8. The number of nitrogens with zero attached hydrogens (tertiary/aromatic N) is 4. The molecule has 8 nitrogen and oxygen atoms in total. The molecule has 0 aliphatic heterocycles. The number of nitrogens with one attached hydrogen (secondary N) is 3. The van der Waals surface area contributed by atoms with Crippen LogP contribution in [0.5, 0.6) is 0 Å². The number of pyridine rings is 1. The minimum atomic E-state index is -0.432. The first-order valence-electron chi connectivity index (χ1n) is 7.87. The van der Waals surface area contributed by atoms with Crippen molar-refractivity contribution < 1.29 is 4.79 Å². The van der Waals surface area contributed by atoms with Crippen molar-refractivity contribution in [3.63, 3.8) is 0 Å². The van der Waals surface area contributed by atoms with Gasteiger partial charge in [-0.3, -0.25) is 15.5 Å². The number of rotatable bonds is 3. The molecular weight excluding hydrogens is 330 g/mol. The molecule has 8 heteroatoms. The molecule has 0 saturated heterocycles. The summed E-state index contributed by atoms with van der Waals surface area (Å²) >= 11 is 0. The summed E-state index contributed by atoms with van der Waals surface area (Å²) in [5.74, 6) is -0.0865. The van der Waals surface area contributed by atoms with Gasteiger partial charge in [0.25, 0.3) is 5.91 Å². The molecule has 0 unspecified atom stereocenters. The predicted octanol–water partition coefficient (Wildman–Crippen LogP) is 2.89. The third-order valence-corrected chi connectivity index (χ3v) is 3.79. The Kier molecular flexibility index (Phi) is 3.77. The molecule has 0 saturated carbocycles. The molecule has 0 spiro atoms. The molecule has 0 atom stereocenters. The van der Waals surface area contributed by atoms with Crippen LogP contribution < -0.4 is 11.1 Å². The van der Waals surface area contributed by atoms with E-state index in [2.05, 4.69) is 30.2 Å². The number of imidazole rings is 1. The Balaban J connectivity index is 1.70. The second-order valence-corrected chi connectivity index (χ2v) is 5.75. The maximum Gasteiger partial charge on any atom is 0.275 e. The van der Waals surface area contributed by atoms with Gasteiger partial charge in [0, 0.05) is 6.20 Å². The molecule has 1 amide bonds. The SMILES string of the molecule is Cc1ccc2nc(-c3nc(C(=O)Nc4cccnc4)cnc3[NH])[nH]c2c1. The van der Waals surface area contributed by atoms with E-state index in [1.807, 2.05) is 25.1 Å². The molecule has 0 fully saturated rings. The third kappa shape index (κ3) is 2.95. The van der Waals surface area contributed by atoms with Gasteiger partial charge in [-0.25, -0.2) is 15.0 Å². The number of aryl methyl sites for hydroxylation is 1. The van der Waals surface area contributed by atoms with Gasteiger partial charge in [0.05, 0.1) is 29.1 Å². The Labute approximate surface area is 148 Å². The first-order chi connectivity index (χ1) is 12.6. The highest BCUT2D eigenvalue weighted by molar-refractivity contribution is 6.03. The van der Waals surface area contributed by atoms with Gasteiger partial charge >= 0.3 is 0 Å². The van der Waals surface area contributed by atoms with Crippen LogP contribution in [-0.4, -0.2) is 30.8 Å². The van der Waals surface area contributed by atoms with Crippen LogP contribution in [0.1, 0.15) is 16.1 Å². The van der Waals surface area contributed by atoms with Crippen LogP contribution in [0.25, 0.3) is 22.6 Å². The van der Waals surface area contributed by atoms with Crippen LogP contribution in [0.4, 0.5) is 11.5 Å². The molecule has 3 heterocycles. The number of anilines is 1. The van der Waals surface area contributed by atoms with Crippen molar-refractivity contribution in [1.82, 2.24) is 30.7 Å². The number of H-pyrrole nitrogens is 1. The van der Waals surface area contributed by atoms with E-state index >= 15 is 0 Å². The fourth-order valence-electron chi connectivity index (χ4n) is 2.53. The quantitative estimate of drug-likeness (QED) is 0.592. The number of hydrogen-bond acceptors (Lipinski definition) is 5. The van der Waals surface area contributed by atoms with Crippen molar-refractivity contribution in [2.24, 2.45) is 0 Å². The van der Waals surface area contributed by atoms with E-state index in [9.17, 15) is 4.79 Å². The Bertz CT molecular complexity index is 1110. The average molecular weight is 344 g/mol. The summed E-state index contributed by atoms with van der Waals surface area (Å²) in [4.78, 5) is 32.2. The summed E-state index contributed by atoms with van der Waals surface area (Å²) in [5, 5.41) is 2.69. The van der Waals surface area contributed by atoms with Crippen LogP contribution in [0.2, 0.25) is 0 Å². The Morgan fingerprint density at radius 3 is 2.88 bits per heavy atom. The summed E-state index contributed by atoms with van der Waals surface area (Å²) in [5.41, 5.74) is 11.6. The van der Waals surface area contributed by atoms with Crippen molar-refractivity contribution in [1.29, 1.82) is 0 Å². The Hall–Kier alpha value is -3.81. The standard InChI is InChI=1S/C18H14N7O/c1-10-4-5-12-13(7-10)25-17(24-12)15-16(19)21-9-14(23-15)18(26)22-11-3-2-6-20-8-11/h2-9,19H,1H3,(H,22,26)(H,24,25). The Morgan fingerprint density at radius 1 is 1.19 bits per heavy atom. The van der Waals surface area contributed by atoms with E-state index in [-0.39, 0.29) is 17.2 Å². The topological polar surface area (TPSA) is 120 Å². The number of hydrogen-bond donors (Lipinski definition) is 2. The third-order valence-electron chi connectivity index (χ3n) is 3.79. The summed E-state index contributed by atoms with van der Waals surface area (Å²) in [7, 11) is 0. The van der Waals surface area contributed by atoms with Crippen LogP contribution in [0, 0.1) is 6.92 Å². The highest BCUT2D eigenvalue weighted by atomic mass is 16.1. The number of aromatic amines is 1. The van der Waals surface area contributed by atoms with Gasteiger partial charge in [0.2, 0.25) is 0 Å². The van der Waals surface area contributed by atoms with E-state index < -0.39 is 5.91 Å². The van der Waals surface area contributed by atoms with E-state index in [1.165, 1.54) is 12.4 Å². The first kappa shape index (κ1) is 15.7. The van der Waals surface area contributed by atoms with E-state index in [0.717, 1.165) is 16.6 Å². The average Bonchev–Trinajstić information content (AvgIpc) is 3.05. The fraction of sp³-hybridized carbons (Fsp3) is 0.0556. The number of carbonyl (C=O) groups is 1. The molecule has 0 aliphatic carbocycles. The number of benzene rings is 1. The van der Waals surface area contributed by atoms with E-state index in [1.54, 1.807) is 18.3 Å². The van der Waals surface area contributed by atoms with Gasteiger partial charge in [0.15, 0.2) is 17.3 Å². The minimum absolute atomic E-state index is 0.0568. The molecule has 3 aromatic heterocycles. The second-order valence-electron chi connectivity index (χ2n) is 5.75. The van der Waals surface area contributed by atoms with Gasteiger partial charge in [-0.15, -0.1) is 0 Å². The molecule has 4 rings (SSSR count). The summed E-state index contributed by atoms with van der Waals surface area (Å²) < 4.78 is 0. The van der Waals surface area contributed by atoms with E-state index in [4.69, 9.17) is 5.73 Å². The lowest BCUT2D eigenvalue weighted by Gasteiger charge is -2.06. The van der Waals surface area contributed by atoms with E-state index in [0.29, 0.717) is 11.5 Å². The minimum Gasteiger partial charge on any atom is -0.337 e. The normalized spacial score (nSPS) is 10.8.